The topological polar surface area (TPSA) is 76.1 Å². The van der Waals surface area contributed by atoms with E-state index in [1.807, 2.05) is 31.2 Å². The molecule has 1 fully saturated rings. The first-order chi connectivity index (χ1) is 15.8. The SMILES string of the molecule is COc1cccc(N2C(=O)C(=O)/C(=C(/O)c3cc(OC)ccc3Cl)C2c2cccc(C)c2)c1. The van der Waals surface area contributed by atoms with Crippen LogP contribution in [0, 0.1) is 6.92 Å². The molecule has 1 aliphatic heterocycles. The van der Waals surface area contributed by atoms with Crippen LogP contribution in [0.2, 0.25) is 5.02 Å². The number of methoxy groups -OCH3 is 2. The zero-order valence-electron chi connectivity index (χ0n) is 18.3. The predicted molar refractivity (Wildman–Crippen MR) is 127 cm³/mol. The van der Waals surface area contributed by atoms with Gasteiger partial charge in [0.05, 0.1) is 30.9 Å². The largest absolute Gasteiger partial charge is 0.507 e. The number of nitrogens with zero attached hydrogens (tertiary/aromatic N) is 1. The first-order valence-corrected chi connectivity index (χ1v) is 10.6. The number of ketones is 1. The highest BCUT2D eigenvalue weighted by atomic mass is 35.5. The van der Waals surface area contributed by atoms with E-state index in [0.29, 0.717) is 22.7 Å². The molecule has 168 valence electrons. The average Bonchev–Trinajstić information content (AvgIpc) is 3.09. The van der Waals surface area contributed by atoms with E-state index in [-0.39, 0.29) is 21.9 Å². The summed E-state index contributed by atoms with van der Waals surface area (Å²) in [6.07, 6.45) is 0. The number of halogens is 1. The second kappa shape index (κ2) is 9.00. The van der Waals surface area contributed by atoms with Gasteiger partial charge in [-0.15, -0.1) is 0 Å². The van der Waals surface area contributed by atoms with Crippen LogP contribution < -0.4 is 14.4 Å². The quantitative estimate of drug-likeness (QED) is 0.316. The van der Waals surface area contributed by atoms with Gasteiger partial charge in [0.2, 0.25) is 0 Å². The molecule has 1 atom stereocenters. The molecule has 0 spiro atoms. The van der Waals surface area contributed by atoms with Gasteiger partial charge < -0.3 is 14.6 Å². The zero-order chi connectivity index (χ0) is 23.7. The van der Waals surface area contributed by atoms with Crippen molar-refractivity contribution in [3.63, 3.8) is 0 Å². The third kappa shape index (κ3) is 4.05. The number of benzene rings is 3. The number of hydrogen-bond acceptors (Lipinski definition) is 5. The van der Waals surface area contributed by atoms with Gasteiger partial charge in [-0.25, -0.2) is 0 Å². The molecule has 0 aliphatic carbocycles. The Morgan fingerprint density at radius 1 is 0.939 bits per heavy atom. The van der Waals surface area contributed by atoms with Crippen LogP contribution in [0.25, 0.3) is 5.76 Å². The normalized spacial score (nSPS) is 17.3. The van der Waals surface area contributed by atoms with Crippen molar-refractivity contribution in [1.82, 2.24) is 0 Å². The van der Waals surface area contributed by atoms with Crippen molar-refractivity contribution in [2.24, 2.45) is 0 Å². The highest BCUT2D eigenvalue weighted by Crippen LogP contribution is 2.44. The molecule has 1 aliphatic rings. The molecule has 1 heterocycles. The van der Waals surface area contributed by atoms with Crippen LogP contribution in [-0.4, -0.2) is 31.0 Å². The molecular formula is C26H22ClNO5. The predicted octanol–water partition coefficient (Wildman–Crippen LogP) is 5.29. The van der Waals surface area contributed by atoms with Crippen molar-refractivity contribution >= 4 is 34.7 Å². The molecule has 0 saturated carbocycles. The maximum atomic E-state index is 13.3. The van der Waals surface area contributed by atoms with Gasteiger partial charge in [0.25, 0.3) is 11.7 Å². The number of hydrogen-bond donors (Lipinski definition) is 1. The molecule has 1 N–H and O–H groups in total. The van der Waals surface area contributed by atoms with Crippen LogP contribution in [0.4, 0.5) is 5.69 Å². The van der Waals surface area contributed by atoms with Crippen LogP contribution in [0.1, 0.15) is 22.7 Å². The highest BCUT2D eigenvalue weighted by Gasteiger charge is 2.47. The summed E-state index contributed by atoms with van der Waals surface area (Å²) in [6.45, 7) is 1.92. The monoisotopic (exact) mass is 463 g/mol. The van der Waals surface area contributed by atoms with Crippen LogP contribution in [0.3, 0.4) is 0 Å². The number of carbonyl (C=O) groups is 2. The van der Waals surface area contributed by atoms with E-state index in [1.165, 1.54) is 25.2 Å². The molecule has 3 aromatic rings. The molecule has 33 heavy (non-hydrogen) atoms. The first kappa shape index (κ1) is 22.4. The Morgan fingerprint density at radius 2 is 1.64 bits per heavy atom. The van der Waals surface area contributed by atoms with Crippen molar-refractivity contribution in [3.8, 4) is 11.5 Å². The number of aryl methyl sites for hydroxylation is 1. The summed E-state index contributed by atoms with van der Waals surface area (Å²) in [4.78, 5) is 27.9. The first-order valence-electron chi connectivity index (χ1n) is 10.2. The van der Waals surface area contributed by atoms with E-state index in [0.717, 1.165) is 5.56 Å². The van der Waals surface area contributed by atoms with Crippen molar-refractivity contribution in [2.45, 2.75) is 13.0 Å². The van der Waals surface area contributed by atoms with Crippen molar-refractivity contribution in [1.29, 1.82) is 0 Å². The molecule has 6 nitrogen and oxygen atoms in total. The number of Topliss-reactive ketones (excluding diaryl/α,β-unsaturated/α-hetero) is 1. The van der Waals surface area contributed by atoms with Gasteiger partial charge in [0, 0.05) is 17.3 Å². The number of aliphatic hydroxyl groups is 1. The second-order valence-corrected chi connectivity index (χ2v) is 8.04. The molecule has 0 bridgehead atoms. The molecule has 0 aromatic heterocycles. The van der Waals surface area contributed by atoms with Gasteiger partial charge in [-0.05, 0) is 42.8 Å². The second-order valence-electron chi connectivity index (χ2n) is 7.63. The fraction of sp³-hybridized carbons (Fsp3) is 0.154. The van der Waals surface area contributed by atoms with Gasteiger partial charge >= 0.3 is 0 Å². The van der Waals surface area contributed by atoms with E-state index in [4.69, 9.17) is 21.1 Å². The molecule has 1 amide bonds. The van der Waals surface area contributed by atoms with Gasteiger partial charge in [0.15, 0.2) is 0 Å². The molecule has 0 radical (unpaired) electrons. The molecule has 1 unspecified atom stereocenters. The van der Waals surface area contributed by atoms with E-state index in [2.05, 4.69) is 0 Å². The Labute approximate surface area is 196 Å². The summed E-state index contributed by atoms with van der Waals surface area (Å²) in [5.74, 6) is -0.937. The van der Waals surface area contributed by atoms with Crippen LogP contribution in [-0.2, 0) is 9.59 Å². The van der Waals surface area contributed by atoms with E-state index >= 15 is 0 Å². The fourth-order valence-corrected chi connectivity index (χ4v) is 4.18. The standard InChI is InChI=1S/C26H22ClNO5/c1-15-6-4-7-16(12-15)23-22(24(29)20-14-19(33-3)10-11-21(20)27)25(30)26(31)28(23)17-8-5-9-18(13-17)32-2/h4-14,23,29H,1-3H3/b24-22+. The summed E-state index contributed by atoms with van der Waals surface area (Å²) in [7, 11) is 3.01. The lowest BCUT2D eigenvalue weighted by molar-refractivity contribution is -0.132. The van der Waals surface area contributed by atoms with Crippen molar-refractivity contribution in [2.75, 3.05) is 19.1 Å². The molecule has 1 saturated heterocycles. The lowest BCUT2D eigenvalue weighted by Gasteiger charge is -2.26. The Kier molecular flexibility index (Phi) is 6.11. The Morgan fingerprint density at radius 3 is 2.33 bits per heavy atom. The van der Waals surface area contributed by atoms with E-state index in [9.17, 15) is 14.7 Å². The van der Waals surface area contributed by atoms with Crippen LogP contribution in [0.15, 0.2) is 72.3 Å². The third-order valence-corrected chi connectivity index (χ3v) is 5.89. The molecular weight excluding hydrogens is 442 g/mol. The number of ether oxygens (including phenoxy) is 2. The van der Waals surface area contributed by atoms with Gasteiger partial charge in [-0.1, -0.05) is 47.5 Å². The summed E-state index contributed by atoms with van der Waals surface area (Å²) in [5.41, 5.74) is 2.25. The number of anilines is 1. The molecule has 3 aromatic carbocycles. The lowest BCUT2D eigenvalue weighted by Crippen LogP contribution is -2.29. The zero-order valence-corrected chi connectivity index (χ0v) is 19.1. The minimum atomic E-state index is -0.862. The van der Waals surface area contributed by atoms with E-state index < -0.39 is 17.7 Å². The average molecular weight is 464 g/mol. The maximum absolute atomic E-state index is 13.3. The van der Waals surface area contributed by atoms with Crippen molar-refractivity contribution in [3.05, 3.63) is 94.0 Å². The fourth-order valence-electron chi connectivity index (χ4n) is 3.97. The minimum absolute atomic E-state index is 0.0522. The lowest BCUT2D eigenvalue weighted by atomic mass is 9.94. The van der Waals surface area contributed by atoms with Gasteiger partial charge in [-0.3, -0.25) is 14.5 Å². The van der Waals surface area contributed by atoms with Crippen LogP contribution in [0.5, 0.6) is 11.5 Å². The Balaban J connectivity index is 1.98. The number of rotatable bonds is 5. The third-order valence-electron chi connectivity index (χ3n) is 5.56. The van der Waals surface area contributed by atoms with E-state index in [1.54, 1.807) is 36.4 Å². The number of amides is 1. The number of carbonyl (C=O) groups excluding carboxylic acids is 2. The minimum Gasteiger partial charge on any atom is -0.507 e. The maximum Gasteiger partial charge on any atom is 0.300 e. The smallest absolute Gasteiger partial charge is 0.300 e. The van der Waals surface area contributed by atoms with Gasteiger partial charge in [-0.2, -0.15) is 0 Å². The molecule has 4 rings (SSSR count). The summed E-state index contributed by atoms with van der Waals surface area (Å²) >= 11 is 6.35. The Hall–Kier alpha value is -3.77. The van der Waals surface area contributed by atoms with Gasteiger partial charge in [0.1, 0.15) is 17.3 Å². The van der Waals surface area contributed by atoms with Crippen LogP contribution >= 0.6 is 11.6 Å². The summed E-state index contributed by atoms with van der Waals surface area (Å²) in [5, 5.41) is 11.5. The highest BCUT2D eigenvalue weighted by molar-refractivity contribution is 6.52. The number of aliphatic hydroxyl groups excluding tert-OH is 1. The summed E-state index contributed by atoms with van der Waals surface area (Å²) < 4.78 is 10.6. The molecule has 7 heteroatoms. The Bertz CT molecular complexity index is 1280. The van der Waals surface area contributed by atoms with Crippen molar-refractivity contribution < 1.29 is 24.2 Å². The summed E-state index contributed by atoms with van der Waals surface area (Å²) in [6, 6.07) is 18.2.